The number of amides is 2. The minimum Gasteiger partial charge on any atom is -0.352 e. The summed E-state index contributed by atoms with van der Waals surface area (Å²) in [6.07, 6.45) is -1.56. The van der Waals surface area contributed by atoms with E-state index in [0.29, 0.717) is 0 Å². The van der Waals surface area contributed by atoms with Crippen molar-refractivity contribution in [1.29, 1.82) is 0 Å². The van der Waals surface area contributed by atoms with Gasteiger partial charge in [-0.2, -0.15) is 18.3 Å². The minimum atomic E-state index is -4.49. The van der Waals surface area contributed by atoms with Gasteiger partial charge in [-0.05, 0) is 18.9 Å². The first-order chi connectivity index (χ1) is 10.3. The Balaban J connectivity index is 2.12. The first-order valence-corrected chi connectivity index (χ1v) is 6.88. The van der Waals surface area contributed by atoms with E-state index in [1.807, 2.05) is 0 Å². The molecule has 1 N–H and O–H groups in total. The molecular formula is C13H17F3N4O2. The minimum absolute atomic E-state index is 0.149. The molecule has 0 aromatic carbocycles. The number of hydrogen-bond donors (Lipinski definition) is 1. The Bertz CT molecular complexity index is 530. The lowest BCUT2D eigenvalue weighted by Crippen LogP contribution is -2.58. The van der Waals surface area contributed by atoms with Gasteiger partial charge in [0.25, 0.3) is 0 Å². The van der Waals surface area contributed by atoms with Gasteiger partial charge in [0, 0.05) is 31.9 Å². The number of aromatic nitrogens is 2. The van der Waals surface area contributed by atoms with E-state index < -0.39 is 24.2 Å². The second-order valence-electron chi connectivity index (χ2n) is 5.28. The number of piperidine rings is 1. The molecule has 2 amide bonds. The predicted octanol–water partition coefficient (Wildman–Crippen LogP) is 0.941. The van der Waals surface area contributed by atoms with Crippen LogP contribution in [0, 0.1) is 0 Å². The Morgan fingerprint density at radius 1 is 1.36 bits per heavy atom. The van der Waals surface area contributed by atoms with Crippen molar-refractivity contribution < 1.29 is 22.8 Å². The van der Waals surface area contributed by atoms with Crippen molar-refractivity contribution in [2.75, 3.05) is 6.54 Å². The average molecular weight is 318 g/mol. The van der Waals surface area contributed by atoms with Crippen LogP contribution in [-0.4, -0.2) is 51.3 Å². The number of alkyl halides is 3. The first-order valence-electron chi connectivity index (χ1n) is 6.88. The molecule has 0 aliphatic carbocycles. The van der Waals surface area contributed by atoms with E-state index in [2.05, 4.69) is 10.4 Å². The highest BCUT2D eigenvalue weighted by Crippen LogP contribution is 2.32. The Hall–Kier alpha value is -2.06. The molecule has 1 aromatic rings. The summed E-state index contributed by atoms with van der Waals surface area (Å²) in [5.74, 6) is -0.990. The number of hydrogen-bond acceptors (Lipinski definition) is 3. The quantitative estimate of drug-likeness (QED) is 0.902. The Morgan fingerprint density at radius 2 is 2.09 bits per heavy atom. The summed E-state index contributed by atoms with van der Waals surface area (Å²) in [6, 6.07) is -0.691. The second kappa shape index (κ2) is 6.37. The molecule has 1 aliphatic rings. The van der Waals surface area contributed by atoms with Crippen molar-refractivity contribution in [3.05, 3.63) is 18.5 Å². The number of nitrogens with zero attached hydrogens (tertiary/aromatic N) is 3. The van der Waals surface area contributed by atoms with E-state index in [9.17, 15) is 22.8 Å². The molecule has 1 saturated heterocycles. The molecule has 2 rings (SSSR count). The van der Waals surface area contributed by atoms with Crippen molar-refractivity contribution in [3.63, 3.8) is 0 Å². The molecule has 9 heteroatoms. The van der Waals surface area contributed by atoms with Gasteiger partial charge in [0.15, 0.2) is 0 Å². The topological polar surface area (TPSA) is 67.2 Å². The fraction of sp³-hybridized carbons (Fsp3) is 0.615. The zero-order chi connectivity index (χ0) is 16.3. The predicted molar refractivity (Wildman–Crippen MR) is 70.6 cm³/mol. The Labute approximate surface area is 125 Å². The lowest BCUT2D eigenvalue weighted by Gasteiger charge is -2.40. The maximum Gasteiger partial charge on any atom is 0.408 e. The molecule has 0 unspecified atom stereocenters. The first kappa shape index (κ1) is 16.3. The zero-order valence-electron chi connectivity index (χ0n) is 12.0. The number of likely N-dealkylation sites (tertiary alicyclic amines) is 1. The van der Waals surface area contributed by atoms with Gasteiger partial charge in [-0.25, -0.2) is 0 Å². The Morgan fingerprint density at radius 3 is 2.64 bits per heavy atom. The third kappa shape index (κ3) is 3.99. The normalized spacial score (nSPS) is 22.5. The van der Waals surface area contributed by atoms with Gasteiger partial charge in [-0.1, -0.05) is 0 Å². The van der Waals surface area contributed by atoms with Crippen LogP contribution in [0.5, 0.6) is 0 Å². The molecule has 1 aliphatic heterocycles. The molecule has 2 heterocycles. The molecule has 0 radical (unpaired) electrons. The molecule has 1 aromatic heterocycles. The van der Waals surface area contributed by atoms with E-state index in [1.165, 1.54) is 24.0 Å². The number of rotatable bonds is 3. The number of carbonyl (C=O) groups is 2. The molecule has 6 nitrogen and oxygen atoms in total. The molecule has 1 fully saturated rings. The zero-order valence-corrected chi connectivity index (χ0v) is 12.0. The van der Waals surface area contributed by atoms with Gasteiger partial charge in [0.1, 0.15) is 12.6 Å². The standard InChI is InChI=1S/C13H17F3N4O2/c1-9(21)18-10-3-4-11(13(14,15)16)20(7-10)12(22)8-19-6-2-5-17-19/h2,5-6,10-11H,3-4,7-8H2,1H3,(H,18,21)/t10-,11-/m1/s1. The van der Waals surface area contributed by atoms with Gasteiger partial charge in [-0.15, -0.1) is 0 Å². The van der Waals surface area contributed by atoms with Crippen LogP contribution < -0.4 is 5.32 Å². The molecule has 0 bridgehead atoms. The third-order valence-corrected chi connectivity index (χ3v) is 3.54. The van der Waals surface area contributed by atoms with Crippen LogP contribution in [0.1, 0.15) is 19.8 Å². The molecule has 122 valence electrons. The number of halogens is 3. The van der Waals surface area contributed by atoms with Crippen LogP contribution in [0.2, 0.25) is 0 Å². The lowest BCUT2D eigenvalue weighted by molar-refractivity contribution is -0.197. The van der Waals surface area contributed by atoms with Crippen LogP contribution in [-0.2, 0) is 16.1 Å². The summed E-state index contributed by atoms with van der Waals surface area (Å²) in [5, 5.41) is 6.40. The van der Waals surface area contributed by atoms with Crippen LogP contribution >= 0.6 is 0 Å². The number of carbonyl (C=O) groups excluding carboxylic acids is 2. The second-order valence-corrected chi connectivity index (χ2v) is 5.28. The van der Waals surface area contributed by atoms with Crippen LogP contribution in [0.25, 0.3) is 0 Å². The molecule has 0 saturated carbocycles. The van der Waals surface area contributed by atoms with E-state index in [1.54, 1.807) is 6.07 Å². The van der Waals surface area contributed by atoms with Crippen molar-refractivity contribution >= 4 is 11.8 Å². The summed E-state index contributed by atoms with van der Waals surface area (Å²) in [5.41, 5.74) is 0. The average Bonchev–Trinajstić information content (AvgIpc) is 2.89. The fourth-order valence-electron chi connectivity index (χ4n) is 2.62. The van der Waals surface area contributed by atoms with E-state index in [-0.39, 0.29) is 31.8 Å². The summed E-state index contributed by atoms with van der Waals surface area (Å²) in [6.45, 7) is 0.891. The lowest BCUT2D eigenvalue weighted by atomic mass is 9.97. The molecule has 22 heavy (non-hydrogen) atoms. The molecular weight excluding hydrogens is 301 g/mol. The highest BCUT2D eigenvalue weighted by Gasteiger charge is 2.48. The van der Waals surface area contributed by atoms with Crippen molar-refractivity contribution in [1.82, 2.24) is 20.0 Å². The number of nitrogens with one attached hydrogen (secondary N) is 1. The van der Waals surface area contributed by atoms with Gasteiger partial charge in [0.2, 0.25) is 11.8 Å². The van der Waals surface area contributed by atoms with Crippen LogP contribution in [0.4, 0.5) is 13.2 Å². The van der Waals surface area contributed by atoms with E-state index >= 15 is 0 Å². The molecule has 0 spiro atoms. The molecule has 2 atom stereocenters. The van der Waals surface area contributed by atoms with Crippen LogP contribution in [0.3, 0.4) is 0 Å². The monoisotopic (exact) mass is 318 g/mol. The maximum atomic E-state index is 13.1. The van der Waals surface area contributed by atoms with Crippen molar-refractivity contribution in [2.24, 2.45) is 0 Å². The highest BCUT2D eigenvalue weighted by atomic mass is 19.4. The van der Waals surface area contributed by atoms with Gasteiger partial charge >= 0.3 is 6.18 Å². The van der Waals surface area contributed by atoms with Crippen molar-refractivity contribution in [2.45, 2.75) is 44.6 Å². The highest BCUT2D eigenvalue weighted by molar-refractivity contribution is 5.77. The van der Waals surface area contributed by atoms with Crippen LogP contribution in [0.15, 0.2) is 18.5 Å². The van der Waals surface area contributed by atoms with Crippen molar-refractivity contribution in [3.8, 4) is 0 Å². The fourth-order valence-corrected chi connectivity index (χ4v) is 2.62. The third-order valence-electron chi connectivity index (χ3n) is 3.54. The smallest absolute Gasteiger partial charge is 0.352 e. The van der Waals surface area contributed by atoms with E-state index in [0.717, 1.165) is 4.90 Å². The van der Waals surface area contributed by atoms with E-state index in [4.69, 9.17) is 0 Å². The Kier molecular flexibility index (Phi) is 4.72. The largest absolute Gasteiger partial charge is 0.408 e. The maximum absolute atomic E-state index is 13.1. The summed E-state index contributed by atoms with van der Waals surface area (Å²) in [7, 11) is 0. The summed E-state index contributed by atoms with van der Waals surface area (Å²) < 4.78 is 40.6. The van der Waals surface area contributed by atoms with Gasteiger partial charge in [-0.3, -0.25) is 14.3 Å². The van der Waals surface area contributed by atoms with Gasteiger partial charge < -0.3 is 10.2 Å². The summed E-state index contributed by atoms with van der Waals surface area (Å²) in [4.78, 5) is 24.1. The SMILES string of the molecule is CC(=O)N[C@@H]1CC[C@H](C(F)(F)F)N(C(=O)Cn2cccn2)C1. The van der Waals surface area contributed by atoms with Gasteiger partial charge in [0.05, 0.1) is 0 Å². The summed E-state index contributed by atoms with van der Waals surface area (Å²) >= 11 is 0.